The van der Waals surface area contributed by atoms with Gasteiger partial charge in [-0.25, -0.2) is 19.7 Å². The predicted octanol–water partition coefficient (Wildman–Crippen LogP) is 6.99. The van der Waals surface area contributed by atoms with Gasteiger partial charge in [0, 0.05) is 61.0 Å². The van der Waals surface area contributed by atoms with E-state index in [1.54, 1.807) is 24.2 Å². The maximum Gasteiger partial charge on any atom is 0.410 e. The zero-order valence-electron chi connectivity index (χ0n) is 26.0. The molecule has 230 valence electrons. The average molecular weight is 597 g/mol. The second-order valence-corrected chi connectivity index (χ2v) is 12.1. The van der Waals surface area contributed by atoms with Crippen molar-refractivity contribution in [1.29, 1.82) is 0 Å². The fourth-order valence-corrected chi connectivity index (χ4v) is 5.21. The van der Waals surface area contributed by atoms with E-state index in [4.69, 9.17) is 14.5 Å². The zero-order valence-corrected chi connectivity index (χ0v) is 26.0. The second kappa shape index (κ2) is 13.3. The van der Waals surface area contributed by atoms with Crippen LogP contribution >= 0.6 is 0 Å². The van der Waals surface area contributed by atoms with Gasteiger partial charge in [0.15, 0.2) is 0 Å². The van der Waals surface area contributed by atoms with Crippen LogP contribution < -0.4 is 15.4 Å². The first kappa shape index (κ1) is 30.7. The van der Waals surface area contributed by atoms with Gasteiger partial charge < -0.3 is 25.0 Å². The SMILES string of the molecule is CC(=O)CCNc1cccc2c(Oc3ncccc3-c3ccnc(N[C@H]4CCCN(C(=O)OC(C)(C)C)C4)n3)c(C)ccc12. The van der Waals surface area contributed by atoms with E-state index in [1.807, 2.05) is 70.2 Å². The van der Waals surface area contributed by atoms with Crippen LogP contribution in [0.2, 0.25) is 0 Å². The van der Waals surface area contributed by atoms with E-state index in [2.05, 4.69) is 26.7 Å². The summed E-state index contributed by atoms with van der Waals surface area (Å²) in [6.07, 6.45) is 5.30. The summed E-state index contributed by atoms with van der Waals surface area (Å²) in [5.41, 5.74) is 2.75. The molecule has 0 aliphatic carbocycles. The maximum absolute atomic E-state index is 12.6. The Balaban J connectivity index is 1.37. The van der Waals surface area contributed by atoms with Gasteiger partial charge in [-0.3, -0.25) is 4.79 Å². The Morgan fingerprint density at radius 3 is 2.66 bits per heavy atom. The number of piperidine rings is 1. The number of likely N-dealkylation sites (tertiary alicyclic amines) is 1. The number of rotatable bonds is 9. The molecular formula is C34H40N6O4. The normalized spacial score (nSPS) is 15.1. The molecule has 0 unspecified atom stereocenters. The molecule has 2 aromatic heterocycles. The van der Waals surface area contributed by atoms with Gasteiger partial charge in [0.05, 0.1) is 11.3 Å². The van der Waals surface area contributed by atoms with Crippen molar-refractivity contribution in [2.24, 2.45) is 0 Å². The second-order valence-electron chi connectivity index (χ2n) is 12.1. The number of ketones is 1. The van der Waals surface area contributed by atoms with E-state index < -0.39 is 5.60 Å². The molecule has 1 aliphatic heterocycles. The van der Waals surface area contributed by atoms with Crippen LogP contribution in [-0.4, -0.2) is 63.0 Å². The number of anilines is 2. The summed E-state index contributed by atoms with van der Waals surface area (Å²) in [6, 6.07) is 15.7. The predicted molar refractivity (Wildman–Crippen MR) is 172 cm³/mol. The Bertz CT molecular complexity index is 1650. The first-order valence-corrected chi connectivity index (χ1v) is 15.0. The van der Waals surface area contributed by atoms with E-state index in [0.29, 0.717) is 49.3 Å². The van der Waals surface area contributed by atoms with E-state index >= 15 is 0 Å². The highest BCUT2D eigenvalue weighted by molar-refractivity contribution is 5.98. The van der Waals surface area contributed by atoms with Crippen LogP contribution in [0, 0.1) is 6.92 Å². The van der Waals surface area contributed by atoms with Crippen molar-refractivity contribution < 1.29 is 19.1 Å². The third kappa shape index (κ3) is 7.61. The van der Waals surface area contributed by atoms with E-state index in [9.17, 15) is 9.59 Å². The van der Waals surface area contributed by atoms with Crippen LogP contribution in [0.3, 0.4) is 0 Å². The number of nitrogens with zero attached hydrogens (tertiary/aromatic N) is 4. The largest absolute Gasteiger partial charge is 0.444 e. The highest BCUT2D eigenvalue weighted by Gasteiger charge is 2.28. The summed E-state index contributed by atoms with van der Waals surface area (Å²) in [5, 5.41) is 8.72. The van der Waals surface area contributed by atoms with E-state index in [0.717, 1.165) is 40.4 Å². The van der Waals surface area contributed by atoms with Gasteiger partial charge in [-0.1, -0.05) is 24.3 Å². The number of nitrogens with one attached hydrogen (secondary N) is 2. The number of hydrogen-bond acceptors (Lipinski definition) is 9. The number of benzene rings is 2. The van der Waals surface area contributed by atoms with Crippen LogP contribution in [0.4, 0.5) is 16.4 Å². The number of amides is 1. The Labute approximate surface area is 258 Å². The van der Waals surface area contributed by atoms with Crippen LogP contribution in [0.25, 0.3) is 22.0 Å². The number of ether oxygens (including phenoxy) is 2. The van der Waals surface area contributed by atoms with Gasteiger partial charge in [0.25, 0.3) is 0 Å². The standard InChI is InChI=1S/C34H40N6O4/c1-22-13-14-25-26(10-6-12-28(25)35-18-15-23(2)41)30(22)43-31-27(11-7-17-36-31)29-16-19-37-32(39-29)38-24-9-8-20-40(21-24)33(42)44-34(3,4)5/h6-7,10-14,16-17,19,24,35H,8-9,15,18,20-21H2,1-5H3,(H,37,38,39)/t24-/m0/s1. The van der Waals surface area contributed by atoms with Crippen LogP contribution in [0.1, 0.15) is 52.5 Å². The van der Waals surface area contributed by atoms with Crippen molar-refractivity contribution in [3.05, 3.63) is 66.5 Å². The molecule has 10 heteroatoms. The number of pyridine rings is 1. The number of carbonyl (C=O) groups is 2. The minimum absolute atomic E-state index is 0.00674. The molecule has 0 radical (unpaired) electrons. The molecule has 4 aromatic rings. The number of Topliss-reactive ketones (excluding diaryl/α,β-unsaturated/α-hetero) is 1. The number of hydrogen-bond donors (Lipinski definition) is 2. The van der Waals surface area contributed by atoms with Gasteiger partial charge in [-0.15, -0.1) is 0 Å². The molecule has 0 spiro atoms. The Kier molecular flexibility index (Phi) is 9.27. The maximum atomic E-state index is 12.6. The fourth-order valence-electron chi connectivity index (χ4n) is 5.21. The smallest absolute Gasteiger partial charge is 0.410 e. The summed E-state index contributed by atoms with van der Waals surface area (Å²) >= 11 is 0. The lowest BCUT2D eigenvalue weighted by Gasteiger charge is -2.34. The Hall–Kier alpha value is -4.73. The lowest BCUT2D eigenvalue weighted by molar-refractivity contribution is -0.116. The van der Waals surface area contributed by atoms with Crippen molar-refractivity contribution in [2.45, 2.75) is 65.5 Å². The molecule has 44 heavy (non-hydrogen) atoms. The lowest BCUT2D eigenvalue weighted by Crippen LogP contribution is -2.47. The molecule has 1 aliphatic rings. The van der Waals surface area contributed by atoms with Gasteiger partial charge in [0.2, 0.25) is 11.8 Å². The molecule has 1 amide bonds. The molecule has 1 saturated heterocycles. The molecule has 1 atom stereocenters. The monoisotopic (exact) mass is 596 g/mol. The third-order valence-electron chi connectivity index (χ3n) is 7.31. The summed E-state index contributed by atoms with van der Waals surface area (Å²) in [4.78, 5) is 39.7. The van der Waals surface area contributed by atoms with Gasteiger partial charge in [-0.05, 0) is 77.3 Å². The highest BCUT2D eigenvalue weighted by Crippen LogP contribution is 2.38. The van der Waals surface area contributed by atoms with E-state index in [-0.39, 0.29) is 17.9 Å². The summed E-state index contributed by atoms with van der Waals surface area (Å²) in [5.74, 6) is 1.74. The van der Waals surface area contributed by atoms with Crippen molar-refractivity contribution in [3.8, 4) is 22.9 Å². The number of aryl methyl sites for hydroxylation is 1. The van der Waals surface area contributed by atoms with Crippen LogP contribution in [0.5, 0.6) is 11.6 Å². The van der Waals surface area contributed by atoms with Gasteiger partial charge in [-0.2, -0.15) is 0 Å². The molecule has 5 rings (SSSR count). The minimum Gasteiger partial charge on any atom is -0.444 e. The highest BCUT2D eigenvalue weighted by atomic mass is 16.6. The molecule has 1 fully saturated rings. The molecule has 3 heterocycles. The molecule has 10 nitrogen and oxygen atoms in total. The van der Waals surface area contributed by atoms with Gasteiger partial charge in [0.1, 0.15) is 17.1 Å². The summed E-state index contributed by atoms with van der Waals surface area (Å²) in [6.45, 7) is 10.9. The molecule has 2 N–H and O–H groups in total. The van der Waals surface area contributed by atoms with Crippen LogP contribution in [0.15, 0.2) is 60.9 Å². The van der Waals surface area contributed by atoms with Crippen molar-refractivity contribution in [1.82, 2.24) is 19.9 Å². The van der Waals surface area contributed by atoms with E-state index in [1.165, 1.54) is 0 Å². The molecule has 0 saturated carbocycles. The first-order chi connectivity index (χ1) is 21.1. The first-order valence-electron chi connectivity index (χ1n) is 15.0. The molecular weight excluding hydrogens is 556 g/mol. The Morgan fingerprint density at radius 2 is 1.86 bits per heavy atom. The van der Waals surface area contributed by atoms with Crippen molar-refractivity contribution >= 4 is 34.3 Å². The average Bonchev–Trinajstić information content (AvgIpc) is 2.98. The topological polar surface area (TPSA) is 119 Å². The fraction of sp³-hybridized carbons (Fsp3) is 0.382. The Morgan fingerprint density at radius 1 is 1.02 bits per heavy atom. The van der Waals surface area contributed by atoms with Gasteiger partial charge >= 0.3 is 6.09 Å². The minimum atomic E-state index is -0.543. The number of fused-ring (bicyclic) bond motifs is 1. The number of carbonyl (C=O) groups excluding carboxylic acids is 2. The summed E-state index contributed by atoms with van der Waals surface area (Å²) in [7, 11) is 0. The molecule has 2 aromatic carbocycles. The third-order valence-corrected chi connectivity index (χ3v) is 7.31. The lowest BCUT2D eigenvalue weighted by atomic mass is 10.0. The van der Waals surface area contributed by atoms with Crippen LogP contribution in [-0.2, 0) is 9.53 Å². The van der Waals surface area contributed by atoms with Crippen molar-refractivity contribution in [3.63, 3.8) is 0 Å². The number of aromatic nitrogens is 3. The zero-order chi connectivity index (χ0) is 31.3. The molecule has 0 bridgehead atoms. The van der Waals surface area contributed by atoms with Crippen molar-refractivity contribution in [2.75, 3.05) is 30.3 Å². The summed E-state index contributed by atoms with van der Waals surface area (Å²) < 4.78 is 12.1. The quantitative estimate of drug-likeness (QED) is 0.211.